The third-order valence-electron chi connectivity index (χ3n) is 4.81. The Hall–Kier alpha value is -2.98. The van der Waals surface area contributed by atoms with Crippen LogP contribution in [-0.4, -0.2) is 46.3 Å². The third-order valence-corrected chi connectivity index (χ3v) is 6.84. The van der Waals surface area contributed by atoms with E-state index >= 15 is 0 Å². The molecule has 2 heterocycles. The van der Waals surface area contributed by atoms with Crippen LogP contribution in [0.25, 0.3) is 11.0 Å². The number of pyridine rings is 1. The van der Waals surface area contributed by atoms with Gasteiger partial charge in [-0.15, -0.1) is 0 Å². The standard InChI is InChI=1S/C20H25N5O4S/c1-4-25(5-2)30(28,29)15-10-11-19(27)24(12-15)13-18(26)21-14(3)20-22-16-8-6-7-9-17(16)23-20/h6-12,14H,4-5,13H2,1-3H3,(H,21,26)(H,22,23)/t14-/m0/s1. The number of nitrogens with one attached hydrogen (secondary N) is 2. The van der Waals surface area contributed by atoms with Gasteiger partial charge in [0.2, 0.25) is 15.9 Å². The number of H-pyrrole nitrogens is 1. The Morgan fingerprint density at radius 2 is 1.90 bits per heavy atom. The lowest BCUT2D eigenvalue weighted by molar-refractivity contribution is -0.122. The van der Waals surface area contributed by atoms with Crippen molar-refractivity contribution in [1.29, 1.82) is 0 Å². The number of nitrogens with zero attached hydrogens (tertiary/aromatic N) is 3. The highest BCUT2D eigenvalue weighted by Gasteiger charge is 2.23. The number of rotatable bonds is 8. The van der Waals surface area contributed by atoms with E-state index < -0.39 is 27.5 Å². The number of hydrogen-bond donors (Lipinski definition) is 2. The van der Waals surface area contributed by atoms with Gasteiger partial charge in [0.05, 0.1) is 22.0 Å². The molecule has 30 heavy (non-hydrogen) atoms. The average Bonchev–Trinajstić information content (AvgIpc) is 3.14. The molecule has 0 spiro atoms. The smallest absolute Gasteiger partial charge is 0.251 e. The monoisotopic (exact) mass is 431 g/mol. The van der Waals surface area contributed by atoms with E-state index in [0.29, 0.717) is 18.9 Å². The topological polar surface area (TPSA) is 117 Å². The van der Waals surface area contributed by atoms with E-state index in [0.717, 1.165) is 21.7 Å². The number of fused-ring (bicyclic) bond motifs is 1. The van der Waals surface area contributed by atoms with Gasteiger partial charge < -0.3 is 14.9 Å². The number of imidazole rings is 1. The lowest BCUT2D eigenvalue weighted by Crippen LogP contribution is -2.35. The second kappa shape index (κ2) is 8.80. The van der Waals surface area contributed by atoms with Crippen LogP contribution in [0.5, 0.6) is 0 Å². The van der Waals surface area contributed by atoms with Crippen molar-refractivity contribution in [3.8, 4) is 0 Å². The van der Waals surface area contributed by atoms with Crippen molar-refractivity contribution in [1.82, 2.24) is 24.2 Å². The maximum absolute atomic E-state index is 12.7. The molecule has 0 aliphatic heterocycles. The Morgan fingerprint density at radius 1 is 1.20 bits per heavy atom. The van der Waals surface area contributed by atoms with Gasteiger partial charge in [0.15, 0.2) is 0 Å². The average molecular weight is 432 g/mol. The van der Waals surface area contributed by atoms with Gasteiger partial charge in [-0.05, 0) is 25.1 Å². The molecule has 2 N–H and O–H groups in total. The molecule has 0 unspecified atom stereocenters. The first-order valence-corrected chi connectivity index (χ1v) is 11.1. The van der Waals surface area contributed by atoms with Crippen molar-refractivity contribution < 1.29 is 13.2 Å². The molecular formula is C20H25N5O4S. The second-order valence-corrected chi connectivity index (χ2v) is 8.79. The SMILES string of the molecule is CCN(CC)S(=O)(=O)c1ccc(=O)n(CC(=O)N[C@@H](C)c2nc3ccccc3[nH]2)c1. The highest BCUT2D eigenvalue weighted by atomic mass is 32.2. The third kappa shape index (κ3) is 4.44. The summed E-state index contributed by atoms with van der Waals surface area (Å²) in [7, 11) is -3.73. The van der Waals surface area contributed by atoms with Gasteiger partial charge in [0.25, 0.3) is 5.56 Å². The van der Waals surface area contributed by atoms with Gasteiger partial charge >= 0.3 is 0 Å². The number of carbonyl (C=O) groups is 1. The quantitative estimate of drug-likeness (QED) is 0.562. The number of para-hydroxylation sites is 2. The molecule has 10 heteroatoms. The fourth-order valence-corrected chi connectivity index (χ4v) is 4.66. The molecule has 1 atom stereocenters. The second-order valence-electron chi connectivity index (χ2n) is 6.85. The summed E-state index contributed by atoms with van der Waals surface area (Å²) in [6.45, 7) is 5.58. The van der Waals surface area contributed by atoms with Crippen molar-refractivity contribution in [2.45, 2.75) is 38.3 Å². The molecule has 1 amide bonds. The maximum Gasteiger partial charge on any atom is 0.251 e. The number of aromatic nitrogens is 3. The van der Waals surface area contributed by atoms with Crippen molar-refractivity contribution >= 4 is 27.0 Å². The zero-order valence-corrected chi connectivity index (χ0v) is 17.9. The summed E-state index contributed by atoms with van der Waals surface area (Å²) < 4.78 is 27.8. The first-order valence-electron chi connectivity index (χ1n) is 9.71. The lowest BCUT2D eigenvalue weighted by Gasteiger charge is -2.19. The Balaban J connectivity index is 1.77. The van der Waals surface area contributed by atoms with Gasteiger partial charge in [-0.25, -0.2) is 13.4 Å². The number of amides is 1. The van der Waals surface area contributed by atoms with Gasteiger partial charge in [0, 0.05) is 25.4 Å². The Morgan fingerprint density at radius 3 is 2.57 bits per heavy atom. The predicted octanol–water partition coefficient (Wildman–Crippen LogP) is 1.63. The Kier molecular flexibility index (Phi) is 6.37. The predicted molar refractivity (Wildman–Crippen MR) is 113 cm³/mol. The normalized spacial score (nSPS) is 12.9. The first-order chi connectivity index (χ1) is 14.3. The number of benzene rings is 1. The van der Waals surface area contributed by atoms with E-state index in [4.69, 9.17) is 0 Å². The number of carbonyl (C=O) groups excluding carboxylic acids is 1. The highest BCUT2D eigenvalue weighted by Crippen LogP contribution is 2.16. The summed E-state index contributed by atoms with van der Waals surface area (Å²) in [5.74, 6) is 0.164. The number of aromatic amines is 1. The molecule has 0 bridgehead atoms. The zero-order valence-electron chi connectivity index (χ0n) is 17.1. The van der Waals surface area contributed by atoms with Crippen LogP contribution in [0.3, 0.4) is 0 Å². The lowest BCUT2D eigenvalue weighted by atomic mass is 10.3. The molecule has 0 radical (unpaired) electrons. The number of hydrogen-bond acceptors (Lipinski definition) is 5. The zero-order chi connectivity index (χ0) is 21.9. The fourth-order valence-electron chi connectivity index (χ4n) is 3.19. The van der Waals surface area contributed by atoms with Crippen LogP contribution in [0.4, 0.5) is 0 Å². The van der Waals surface area contributed by atoms with Crippen LogP contribution in [0.1, 0.15) is 32.6 Å². The van der Waals surface area contributed by atoms with Crippen LogP contribution in [-0.2, 0) is 21.4 Å². The van der Waals surface area contributed by atoms with Crippen LogP contribution in [0.2, 0.25) is 0 Å². The molecule has 1 aromatic carbocycles. The van der Waals surface area contributed by atoms with Crippen molar-refractivity contribution in [2.75, 3.05) is 13.1 Å². The van der Waals surface area contributed by atoms with E-state index in [2.05, 4.69) is 15.3 Å². The molecule has 3 aromatic rings. The molecule has 2 aromatic heterocycles. The van der Waals surface area contributed by atoms with Crippen LogP contribution in [0.15, 0.2) is 52.3 Å². The van der Waals surface area contributed by atoms with E-state index in [1.54, 1.807) is 20.8 Å². The molecule has 0 fully saturated rings. The summed E-state index contributed by atoms with van der Waals surface area (Å²) in [4.78, 5) is 32.2. The summed E-state index contributed by atoms with van der Waals surface area (Å²) in [5, 5.41) is 2.78. The van der Waals surface area contributed by atoms with Crippen molar-refractivity contribution in [3.63, 3.8) is 0 Å². The molecule has 0 saturated carbocycles. The van der Waals surface area contributed by atoms with Crippen LogP contribution in [0, 0.1) is 0 Å². The van der Waals surface area contributed by atoms with E-state index in [1.165, 1.54) is 16.6 Å². The molecule has 160 valence electrons. The van der Waals surface area contributed by atoms with E-state index in [1.807, 2.05) is 24.3 Å². The highest BCUT2D eigenvalue weighted by molar-refractivity contribution is 7.89. The largest absolute Gasteiger partial charge is 0.345 e. The molecule has 9 nitrogen and oxygen atoms in total. The fraction of sp³-hybridized carbons (Fsp3) is 0.350. The Bertz CT molecular complexity index is 1180. The first kappa shape index (κ1) is 21.7. The van der Waals surface area contributed by atoms with Crippen LogP contribution >= 0.6 is 0 Å². The molecule has 0 saturated heterocycles. The summed E-state index contributed by atoms with van der Waals surface area (Å²) in [6, 6.07) is 9.53. The van der Waals surface area contributed by atoms with E-state index in [-0.39, 0.29) is 11.4 Å². The van der Waals surface area contributed by atoms with Gasteiger partial charge in [0.1, 0.15) is 12.4 Å². The summed E-state index contributed by atoms with van der Waals surface area (Å²) in [5.41, 5.74) is 1.19. The molecule has 0 aliphatic rings. The molecular weight excluding hydrogens is 406 g/mol. The Labute approximate surface area is 174 Å². The van der Waals surface area contributed by atoms with Gasteiger partial charge in [-0.3, -0.25) is 9.59 Å². The molecule has 0 aliphatic carbocycles. The molecule has 3 rings (SSSR count). The minimum absolute atomic E-state index is 0.0241. The number of sulfonamides is 1. The maximum atomic E-state index is 12.7. The van der Waals surface area contributed by atoms with Crippen molar-refractivity contribution in [3.05, 3.63) is 58.8 Å². The van der Waals surface area contributed by atoms with E-state index in [9.17, 15) is 18.0 Å². The van der Waals surface area contributed by atoms with Crippen molar-refractivity contribution in [2.24, 2.45) is 0 Å². The van der Waals surface area contributed by atoms with Gasteiger partial charge in [-0.1, -0.05) is 26.0 Å². The summed E-state index contributed by atoms with van der Waals surface area (Å²) in [6.07, 6.45) is 1.21. The minimum Gasteiger partial charge on any atom is -0.345 e. The van der Waals surface area contributed by atoms with Gasteiger partial charge in [-0.2, -0.15) is 4.31 Å². The van der Waals surface area contributed by atoms with Crippen LogP contribution < -0.4 is 10.9 Å². The summed E-state index contributed by atoms with van der Waals surface area (Å²) >= 11 is 0. The minimum atomic E-state index is -3.73.